The maximum atomic E-state index is 6.60. The van der Waals surface area contributed by atoms with Gasteiger partial charge in [-0.2, -0.15) is 0 Å². The third-order valence-corrected chi connectivity index (χ3v) is 15.6. The van der Waals surface area contributed by atoms with Gasteiger partial charge in [0.25, 0.3) is 13.4 Å². The van der Waals surface area contributed by atoms with Crippen LogP contribution in [0.15, 0.2) is 211 Å². The summed E-state index contributed by atoms with van der Waals surface area (Å²) in [6.45, 7) is -0.0154. The van der Waals surface area contributed by atoms with Gasteiger partial charge in [-0.3, -0.25) is 0 Å². The number of anilines is 6. The van der Waals surface area contributed by atoms with E-state index in [9.17, 15) is 0 Å². The molecule has 13 aromatic rings. The van der Waals surface area contributed by atoms with Crippen LogP contribution >= 0.6 is 0 Å². The lowest BCUT2D eigenvalue weighted by Crippen LogP contribution is -2.64. The van der Waals surface area contributed by atoms with Crippen LogP contribution in [0, 0.1) is 0 Å². The zero-order valence-corrected chi connectivity index (χ0v) is 36.0. The largest absolute Gasteiger partial charge is 0.456 e. The molecule has 0 amide bonds. The summed E-state index contributed by atoms with van der Waals surface area (Å²) in [6, 6.07) is 76.9. The first-order chi connectivity index (χ1) is 33.3. The van der Waals surface area contributed by atoms with Gasteiger partial charge in [0.2, 0.25) is 0 Å². The van der Waals surface area contributed by atoms with Crippen molar-refractivity contribution < 1.29 is 4.42 Å². The average molecular weight is 849 g/mol. The number of para-hydroxylation sites is 6. The Bertz CT molecular complexity index is 4380. The van der Waals surface area contributed by atoms with Crippen molar-refractivity contribution in [3.8, 4) is 11.4 Å². The van der Waals surface area contributed by atoms with E-state index in [0.29, 0.717) is 0 Å². The van der Waals surface area contributed by atoms with Gasteiger partial charge in [-0.25, -0.2) is 0 Å². The lowest BCUT2D eigenvalue weighted by atomic mass is 9.30. The Kier molecular flexibility index (Phi) is 6.30. The molecule has 5 nitrogen and oxygen atoms in total. The van der Waals surface area contributed by atoms with Crippen LogP contribution in [0.5, 0.6) is 0 Å². The van der Waals surface area contributed by atoms with Gasteiger partial charge in [0.05, 0.1) is 22.1 Å². The molecule has 0 bridgehead atoms. The van der Waals surface area contributed by atoms with Crippen LogP contribution in [-0.2, 0) is 0 Å². The number of hydrogen-bond donors (Lipinski definition) is 0. The number of fused-ring (bicyclic) bond motifs is 19. The van der Waals surface area contributed by atoms with Crippen molar-refractivity contribution in [1.29, 1.82) is 0 Å². The number of hydrogen-bond acceptors (Lipinski definition) is 3. The van der Waals surface area contributed by atoms with Gasteiger partial charge >= 0.3 is 0 Å². The number of benzene rings is 10. The Hall–Kier alpha value is -8.67. The van der Waals surface area contributed by atoms with Gasteiger partial charge in [-0.1, -0.05) is 121 Å². The monoisotopic (exact) mass is 848 g/mol. The van der Waals surface area contributed by atoms with Gasteiger partial charge in [0.15, 0.2) is 0 Å². The fraction of sp³-hybridized carbons (Fsp3) is 0. The standard InChI is InChI=1S/C60H34B2N4O/c1-3-16-35(17-4-1)63-48-25-12-9-22-43(48)61-45-33-46-54(34-53(45)64(36-18-5-2-6-19-36)51-28-15-27-50(63)57(51)61)65-47-24-11-7-20-37(47)41-30-42-39-32-56-40(38-21-8-14-29-55(38)67-56)31-52(39)66-49-26-13-10-23-44(49)62(46)58(59(41)65)60(42)66/h1-34H. The van der Waals surface area contributed by atoms with Gasteiger partial charge in [-0.05, 0) is 118 Å². The van der Waals surface area contributed by atoms with Gasteiger partial charge in [0.1, 0.15) is 11.2 Å². The highest BCUT2D eigenvalue weighted by atomic mass is 16.3. The van der Waals surface area contributed by atoms with E-state index in [1.165, 1.54) is 111 Å². The Morgan fingerprint density at radius 3 is 1.64 bits per heavy atom. The first-order valence-corrected chi connectivity index (χ1v) is 23.3. The number of rotatable bonds is 2. The fourth-order valence-electron chi connectivity index (χ4n) is 13.1. The molecule has 17 rings (SSSR count). The Morgan fingerprint density at radius 1 is 0.299 bits per heavy atom. The number of aromatic nitrogens is 2. The molecule has 0 spiro atoms. The maximum Gasteiger partial charge on any atom is 0.252 e. The first kappa shape index (κ1) is 34.7. The van der Waals surface area contributed by atoms with E-state index in [1.54, 1.807) is 0 Å². The van der Waals surface area contributed by atoms with E-state index < -0.39 is 0 Å². The van der Waals surface area contributed by atoms with Crippen molar-refractivity contribution in [2.45, 2.75) is 0 Å². The molecular formula is C60H34B2N4O. The molecule has 67 heavy (non-hydrogen) atoms. The second-order valence-electron chi connectivity index (χ2n) is 18.7. The molecule has 306 valence electrons. The lowest BCUT2D eigenvalue weighted by molar-refractivity contribution is 0.669. The summed E-state index contributed by atoms with van der Waals surface area (Å²) in [5.74, 6) is 0. The minimum absolute atomic E-state index is 0.00298. The molecule has 4 aliphatic rings. The second kappa shape index (κ2) is 12.2. The van der Waals surface area contributed by atoms with Crippen LogP contribution in [0.3, 0.4) is 0 Å². The predicted octanol–water partition coefficient (Wildman–Crippen LogP) is 11.0. The fourth-order valence-corrected chi connectivity index (χ4v) is 13.1. The van der Waals surface area contributed by atoms with Crippen molar-refractivity contribution in [1.82, 2.24) is 9.13 Å². The molecule has 0 fully saturated rings. The third-order valence-electron chi connectivity index (χ3n) is 15.6. The third kappa shape index (κ3) is 4.16. The molecule has 0 atom stereocenters. The topological polar surface area (TPSA) is 29.5 Å². The van der Waals surface area contributed by atoms with Gasteiger partial charge in [0, 0.05) is 77.8 Å². The smallest absolute Gasteiger partial charge is 0.252 e. The highest BCUT2D eigenvalue weighted by Gasteiger charge is 2.47. The summed E-state index contributed by atoms with van der Waals surface area (Å²) in [6.07, 6.45) is 0. The summed E-state index contributed by atoms with van der Waals surface area (Å²) < 4.78 is 11.8. The van der Waals surface area contributed by atoms with Crippen LogP contribution in [0.2, 0.25) is 0 Å². The molecule has 7 heteroatoms. The average Bonchev–Trinajstić information content (AvgIpc) is 4.04. The molecule has 4 aliphatic heterocycles. The minimum Gasteiger partial charge on any atom is -0.456 e. The normalized spacial score (nSPS) is 13.9. The van der Waals surface area contributed by atoms with Crippen molar-refractivity contribution in [3.63, 3.8) is 0 Å². The Labute approximate surface area is 385 Å². The van der Waals surface area contributed by atoms with Crippen molar-refractivity contribution in [2.75, 3.05) is 9.80 Å². The van der Waals surface area contributed by atoms with E-state index in [0.717, 1.165) is 33.3 Å². The van der Waals surface area contributed by atoms with Crippen molar-refractivity contribution in [3.05, 3.63) is 206 Å². The molecule has 0 radical (unpaired) electrons. The molecule has 0 saturated carbocycles. The summed E-state index contributed by atoms with van der Waals surface area (Å²) in [5, 5.41) is 7.32. The van der Waals surface area contributed by atoms with E-state index in [-0.39, 0.29) is 13.4 Å². The molecular weight excluding hydrogens is 814 g/mol. The van der Waals surface area contributed by atoms with Crippen LogP contribution in [0.1, 0.15) is 0 Å². The van der Waals surface area contributed by atoms with Crippen LogP contribution in [-0.4, -0.2) is 22.6 Å². The zero-order chi connectivity index (χ0) is 43.2. The van der Waals surface area contributed by atoms with E-state index in [1.807, 2.05) is 0 Å². The molecule has 0 unspecified atom stereocenters. The Balaban J connectivity index is 1.03. The zero-order valence-electron chi connectivity index (χ0n) is 36.0. The lowest BCUT2D eigenvalue weighted by Gasteiger charge is -2.45. The first-order valence-electron chi connectivity index (χ1n) is 23.3. The summed E-state index contributed by atoms with van der Waals surface area (Å²) in [7, 11) is 0. The summed E-state index contributed by atoms with van der Waals surface area (Å²) in [5.41, 5.74) is 24.5. The quantitative estimate of drug-likeness (QED) is 0.162. The second-order valence-corrected chi connectivity index (χ2v) is 18.7. The Morgan fingerprint density at radius 2 is 0.866 bits per heavy atom. The summed E-state index contributed by atoms with van der Waals surface area (Å²) in [4.78, 5) is 5.01. The van der Waals surface area contributed by atoms with Crippen LogP contribution < -0.4 is 42.6 Å². The molecule has 3 aromatic heterocycles. The molecule has 7 heterocycles. The van der Waals surface area contributed by atoms with E-state index in [4.69, 9.17) is 4.42 Å². The van der Waals surface area contributed by atoms with Crippen molar-refractivity contribution >= 4 is 146 Å². The molecule has 0 aliphatic carbocycles. The SMILES string of the molecule is c1ccc(N2c3ccccc3B3c4cc5c(cc4N(c4ccccc4)c4cccc2c43)-n2c3ccccc3c3cc4c6cc7oc8ccccc8c7cc6n6c4c(c32)B5c2ccccc2-6)cc1. The van der Waals surface area contributed by atoms with Gasteiger partial charge in [-0.15, -0.1) is 0 Å². The van der Waals surface area contributed by atoms with Gasteiger partial charge < -0.3 is 23.4 Å². The highest BCUT2D eigenvalue weighted by molar-refractivity contribution is 7.03. The van der Waals surface area contributed by atoms with Crippen LogP contribution in [0.25, 0.3) is 76.9 Å². The van der Waals surface area contributed by atoms with E-state index >= 15 is 0 Å². The summed E-state index contributed by atoms with van der Waals surface area (Å²) >= 11 is 0. The maximum absolute atomic E-state index is 6.60. The molecule has 0 N–H and O–H groups in total. The number of furan rings is 1. The van der Waals surface area contributed by atoms with E-state index in [2.05, 4.69) is 225 Å². The molecule has 0 saturated heterocycles. The molecule has 10 aromatic carbocycles. The predicted molar refractivity (Wildman–Crippen MR) is 281 cm³/mol. The number of nitrogens with zero attached hydrogens (tertiary/aromatic N) is 4. The minimum atomic E-state index is -0.0124. The van der Waals surface area contributed by atoms with Crippen molar-refractivity contribution in [2.24, 2.45) is 0 Å². The highest BCUT2D eigenvalue weighted by Crippen LogP contribution is 2.47. The van der Waals surface area contributed by atoms with Crippen LogP contribution in [0.4, 0.5) is 34.1 Å².